The molecule has 6 heteroatoms. The molecule has 3 N–H and O–H groups in total. The maximum absolute atomic E-state index is 10.7. The first-order valence-corrected chi connectivity index (χ1v) is 6.00. The highest BCUT2D eigenvalue weighted by Gasteiger charge is 2.25. The van der Waals surface area contributed by atoms with E-state index in [1.165, 1.54) is 11.3 Å². The molecule has 0 fully saturated rings. The molecule has 0 aliphatic heterocycles. The fourth-order valence-corrected chi connectivity index (χ4v) is 2.98. The van der Waals surface area contributed by atoms with Crippen LogP contribution in [-0.2, 0) is 4.79 Å². The minimum atomic E-state index is -0.887. The number of thiophene rings is 1. The van der Waals surface area contributed by atoms with E-state index in [9.17, 15) is 4.79 Å². The van der Waals surface area contributed by atoms with Crippen LogP contribution in [0, 0.1) is 0 Å². The van der Waals surface area contributed by atoms with E-state index in [0.29, 0.717) is 4.34 Å². The molecule has 0 bridgehead atoms. The van der Waals surface area contributed by atoms with Crippen LogP contribution in [0.15, 0.2) is 12.1 Å². The van der Waals surface area contributed by atoms with Gasteiger partial charge in [0.25, 0.3) is 0 Å². The van der Waals surface area contributed by atoms with Gasteiger partial charge in [0.2, 0.25) is 0 Å². The molecule has 4 nitrogen and oxygen atoms in total. The molecule has 90 valence electrons. The van der Waals surface area contributed by atoms with Crippen molar-refractivity contribution in [3.63, 3.8) is 0 Å². The van der Waals surface area contributed by atoms with Gasteiger partial charge < -0.3 is 15.7 Å². The Morgan fingerprint density at radius 3 is 2.62 bits per heavy atom. The number of carboxylic acids is 1. The number of nitrogens with two attached hydrogens (primary N) is 1. The first-order valence-electron chi connectivity index (χ1n) is 4.81. The van der Waals surface area contributed by atoms with Gasteiger partial charge in [0.05, 0.1) is 16.8 Å². The predicted octanol–water partition coefficient (Wildman–Crippen LogP) is 1.81. The van der Waals surface area contributed by atoms with E-state index >= 15 is 0 Å². The van der Waals surface area contributed by atoms with Gasteiger partial charge >= 0.3 is 5.97 Å². The van der Waals surface area contributed by atoms with Crippen molar-refractivity contribution in [3.05, 3.63) is 21.3 Å². The SMILES string of the molecule is CN(C)C(c1ccc(Cl)s1)C(N)CC(=O)O. The van der Waals surface area contributed by atoms with E-state index in [2.05, 4.69) is 0 Å². The normalized spacial score (nSPS) is 15.1. The van der Waals surface area contributed by atoms with Crippen molar-refractivity contribution in [2.45, 2.75) is 18.5 Å². The summed E-state index contributed by atoms with van der Waals surface area (Å²) in [5.41, 5.74) is 5.90. The fourth-order valence-electron chi connectivity index (χ4n) is 1.65. The molecule has 2 atom stereocenters. The lowest BCUT2D eigenvalue weighted by atomic mass is 10.0. The van der Waals surface area contributed by atoms with E-state index in [1.54, 1.807) is 6.07 Å². The predicted molar refractivity (Wildman–Crippen MR) is 66.0 cm³/mol. The number of halogens is 1. The molecule has 0 saturated carbocycles. The lowest BCUT2D eigenvalue weighted by Gasteiger charge is -2.28. The Kier molecular flexibility index (Phi) is 4.73. The van der Waals surface area contributed by atoms with Crippen molar-refractivity contribution >= 4 is 28.9 Å². The Morgan fingerprint density at radius 1 is 1.62 bits per heavy atom. The molecule has 1 aromatic heterocycles. The van der Waals surface area contributed by atoms with Crippen molar-refractivity contribution in [3.8, 4) is 0 Å². The quantitative estimate of drug-likeness (QED) is 0.849. The summed E-state index contributed by atoms with van der Waals surface area (Å²) in [6.45, 7) is 0. The number of nitrogens with zero attached hydrogens (tertiary/aromatic N) is 1. The third kappa shape index (κ3) is 3.45. The van der Waals surface area contributed by atoms with Gasteiger partial charge in [0.15, 0.2) is 0 Å². The number of likely N-dealkylation sites (N-methyl/N-ethyl adjacent to an activating group) is 1. The van der Waals surface area contributed by atoms with Gasteiger partial charge in [-0.2, -0.15) is 0 Å². The third-order valence-electron chi connectivity index (χ3n) is 2.26. The minimum absolute atomic E-state index is 0.0572. The maximum Gasteiger partial charge on any atom is 0.304 e. The van der Waals surface area contributed by atoms with Crippen molar-refractivity contribution in [1.29, 1.82) is 0 Å². The highest BCUT2D eigenvalue weighted by molar-refractivity contribution is 7.16. The maximum atomic E-state index is 10.7. The standard InChI is InChI=1S/C10H15ClN2O2S/c1-13(2)10(6(12)5-9(14)15)7-3-4-8(11)16-7/h3-4,6,10H,5,12H2,1-2H3,(H,14,15). The summed E-state index contributed by atoms with van der Waals surface area (Å²) in [6.07, 6.45) is -0.0572. The molecule has 2 unspecified atom stereocenters. The molecule has 0 aromatic carbocycles. The Morgan fingerprint density at radius 2 is 2.25 bits per heavy atom. The summed E-state index contributed by atoms with van der Waals surface area (Å²) in [4.78, 5) is 13.6. The molecule has 1 heterocycles. The summed E-state index contributed by atoms with van der Waals surface area (Å²) < 4.78 is 0.685. The van der Waals surface area contributed by atoms with Crippen LogP contribution in [-0.4, -0.2) is 36.1 Å². The average molecular weight is 263 g/mol. The Bertz CT molecular complexity index is 367. The number of aliphatic carboxylic acids is 1. The molecule has 1 aromatic rings. The van der Waals surface area contributed by atoms with Gasteiger partial charge in [-0.25, -0.2) is 0 Å². The molecule has 0 aliphatic carbocycles. The lowest BCUT2D eigenvalue weighted by Crippen LogP contribution is -2.38. The second kappa shape index (κ2) is 5.63. The largest absolute Gasteiger partial charge is 0.481 e. The zero-order chi connectivity index (χ0) is 12.3. The first-order chi connectivity index (χ1) is 7.41. The molecular formula is C10H15ClN2O2S. The van der Waals surface area contributed by atoms with Crippen molar-refractivity contribution in [2.75, 3.05) is 14.1 Å². The average Bonchev–Trinajstić information content (AvgIpc) is 2.49. The number of rotatable bonds is 5. The van der Waals surface area contributed by atoms with E-state index in [-0.39, 0.29) is 12.5 Å². The summed E-state index contributed by atoms with van der Waals surface area (Å²) >= 11 is 7.29. The van der Waals surface area contributed by atoms with Gasteiger partial charge in [-0.15, -0.1) is 11.3 Å². The van der Waals surface area contributed by atoms with Crippen LogP contribution in [0.5, 0.6) is 0 Å². The van der Waals surface area contributed by atoms with Crippen molar-refractivity contribution < 1.29 is 9.90 Å². The van der Waals surface area contributed by atoms with Gasteiger partial charge in [-0.05, 0) is 26.2 Å². The van der Waals surface area contributed by atoms with Crippen molar-refractivity contribution in [2.24, 2.45) is 5.73 Å². The Balaban J connectivity index is 2.86. The summed E-state index contributed by atoms with van der Waals surface area (Å²) in [6, 6.07) is 3.13. The second-order valence-electron chi connectivity index (χ2n) is 3.81. The molecule has 0 aliphatic rings. The molecule has 0 amide bonds. The number of carboxylic acid groups (broad SMARTS) is 1. The molecule has 0 radical (unpaired) electrons. The zero-order valence-electron chi connectivity index (χ0n) is 9.18. The smallest absolute Gasteiger partial charge is 0.304 e. The number of hydrogen-bond donors (Lipinski definition) is 2. The summed E-state index contributed by atoms with van der Waals surface area (Å²) in [7, 11) is 3.75. The van der Waals surface area contributed by atoms with Crippen LogP contribution in [0.4, 0.5) is 0 Å². The zero-order valence-corrected chi connectivity index (χ0v) is 10.8. The van der Waals surface area contributed by atoms with E-state index in [1.807, 2.05) is 25.1 Å². The summed E-state index contributed by atoms with van der Waals surface area (Å²) in [5, 5.41) is 8.75. The topological polar surface area (TPSA) is 66.6 Å². The lowest BCUT2D eigenvalue weighted by molar-refractivity contribution is -0.137. The van der Waals surface area contributed by atoms with Crippen LogP contribution >= 0.6 is 22.9 Å². The van der Waals surface area contributed by atoms with Gasteiger partial charge in [-0.1, -0.05) is 11.6 Å². The third-order valence-corrected chi connectivity index (χ3v) is 3.56. The van der Waals surface area contributed by atoms with Crippen LogP contribution in [0.3, 0.4) is 0 Å². The number of carbonyl (C=O) groups is 1. The minimum Gasteiger partial charge on any atom is -0.481 e. The Labute approximate surface area is 104 Å². The molecule has 0 spiro atoms. The summed E-state index contributed by atoms with van der Waals surface area (Å²) in [5.74, 6) is -0.887. The van der Waals surface area contributed by atoms with Gasteiger partial charge in [0, 0.05) is 10.9 Å². The molecule has 16 heavy (non-hydrogen) atoms. The fraction of sp³-hybridized carbons (Fsp3) is 0.500. The van der Waals surface area contributed by atoms with Gasteiger partial charge in [-0.3, -0.25) is 4.79 Å². The van der Waals surface area contributed by atoms with Crippen LogP contribution in [0.1, 0.15) is 17.3 Å². The van der Waals surface area contributed by atoms with E-state index in [0.717, 1.165) is 4.88 Å². The van der Waals surface area contributed by atoms with Crippen LogP contribution in [0.25, 0.3) is 0 Å². The number of hydrogen-bond acceptors (Lipinski definition) is 4. The highest BCUT2D eigenvalue weighted by atomic mass is 35.5. The van der Waals surface area contributed by atoms with E-state index < -0.39 is 12.0 Å². The first kappa shape index (κ1) is 13.4. The molecule has 1 rings (SSSR count). The van der Waals surface area contributed by atoms with Crippen molar-refractivity contribution in [1.82, 2.24) is 4.90 Å². The highest BCUT2D eigenvalue weighted by Crippen LogP contribution is 2.31. The molecule has 0 saturated heterocycles. The van der Waals surface area contributed by atoms with Crippen LogP contribution in [0.2, 0.25) is 4.34 Å². The van der Waals surface area contributed by atoms with Crippen LogP contribution < -0.4 is 5.73 Å². The van der Waals surface area contributed by atoms with Gasteiger partial charge in [0.1, 0.15) is 0 Å². The monoisotopic (exact) mass is 262 g/mol. The second-order valence-corrected chi connectivity index (χ2v) is 5.56. The molecular weight excluding hydrogens is 248 g/mol. The Hall–Kier alpha value is -0.620. The van der Waals surface area contributed by atoms with E-state index in [4.69, 9.17) is 22.4 Å².